The van der Waals surface area contributed by atoms with E-state index >= 15 is 0 Å². The molecule has 0 heterocycles. The lowest BCUT2D eigenvalue weighted by molar-refractivity contribution is -0.139. The molecule has 7 heteroatoms. The molecular formula is C19H19FN2O4. The first-order valence-corrected chi connectivity index (χ1v) is 7.97. The van der Waals surface area contributed by atoms with E-state index in [0.717, 1.165) is 5.56 Å². The summed E-state index contributed by atoms with van der Waals surface area (Å²) < 4.78 is 17.3. The van der Waals surface area contributed by atoms with E-state index in [1.807, 2.05) is 0 Å². The average molecular weight is 358 g/mol. The van der Waals surface area contributed by atoms with Gasteiger partial charge in [-0.25, -0.2) is 4.39 Å². The fourth-order valence-corrected chi connectivity index (χ4v) is 2.20. The third kappa shape index (κ3) is 6.01. The average Bonchev–Trinajstić information content (AvgIpc) is 2.65. The zero-order valence-corrected chi connectivity index (χ0v) is 14.3. The molecule has 0 aliphatic carbocycles. The Morgan fingerprint density at radius 2 is 1.81 bits per heavy atom. The summed E-state index contributed by atoms with van der Waals surface area (Å²) in [5.74, 6) is -1.54. The number of aryl methyl sites for hydroxylation is 1. The molecule has 6 nitrogen and oxygen atoms in total. The number of carbonyl (C=O) groups is 3. The van der Waals surface area contributed by atoms with Gasteiger partial charge in [-0.1, -0.05) is 18.2 Å². The van der Waals surface area contributed by atoms with Crippen molar-refractivity contribution in [2.24, 2.45) is 0 Å². The number of nitrogens with one attached hydrogen (secondary N) is 2. The van der Waals surface area contributed by atoms with Crippen LogP contribution in [0.3, 0.4) is 0 Å². The first-order chi connectivity index (χ1) is 12.5. The van der Waals surface area contributed by atoms with Crippen LogP contribution >= 0.6 is 0 Å². The Morgan fingerprint density at radius 1 is 1.08 bits per heavy atom. The normalized spacial score (nSPS) is 10.1. The maximum Gasteiger partial charge on any atom is 0.325 e. The second kappa shape index (κ2) is 9.31. The molecule has 2 aromatic carbocycles. The highest BCUT2D eigenvalue weighted by molar-refractivity contribution is 5.98. The maximum atomic E-state index is 12.9. The summed E-state index contributed by atoms with van der Waals surface area (Å²) >= 11 is 0. The number of hydrogen-bond acceptors (Lipinski definition) is 4. The number of halogens is 1. The SMILES string of the molecule is COC(=O)CNC(=O)c1cccc(NC(=O)CCc2ccc(F)cc2)c1. The van der Waals surface area contributed by atoms with Crippen LogP contribution in [-0.4, -0.2) is 31.4 Å². The molecule has 0 unspecified atom stereocenters. The van der Waals surface area contributed by atoms with Gasteiger partial charge >= 0.3 is 5.97 Å². The minimum Gasteiger partial charge on any atom is -0.468 e. The third-order valence-corrected chi connectivity index (χ3v) is 3.58. The van der Waals surface area contributed by atoms with Crippen LogP contribution < -0.4 is 10.6 Å². The van der Waals surface area contributed by atoms with Crippen molar-refractivity contribution in [1.29, 1.82) is 0 Å². The van der Waals surface area contributed by atoms with Crippen molar-refractivity contribution in [3.8, 4) is 0 Å². The Hall–Kier alpha value is -3.22. The molecule has 0 fully saturated rings. The Bertz CT molecular complexity index is 790. The van der Waals surface area contributed by atoms with Crippen molar-refractivity contribution in [1.82, 2.24) is 5.32 Å². The molecule has 2 amide bonds. The number of carbonyl (C=O) groups excluding carboxylic acids is 3. The van der Waals surface area contributed by atoms with Gasteiger partial charge in [-0.3, -0.25) is 14.4 Å². The van der Waals surface area contributed by atoms with Crippen LogP contribution in [0, 0.1) is 5.82 Å². The van der Waals surface area contributed by atoms with E-state index < -0.39 is 11.9 Å². The predicted molar refractivity (Wildman–Crippen MR) is 94.1 cm³/mol. The number of methoxy groups -OCH3 is 1. The molecule has 0 bridgehead atoms. The molecule has 0 saturated heterocycles. The summed E-state index contributed by atoms with van der Waals surface area (Å²) in [7, 11) is 1.23. The number of ether oxygens (including phenoxy) is 1. The molecule has 0 aliphatic heterocycles. The van der Waals surface area contributed by atoms with Crippen LogP contribution in [0.4, 0.5) is 10.1 Å². The molecule has 0 radical (unpaired) electrons. The second-order valence-corrected chi connectivity index (χ2v) is 5.51. The molecule has 0 atom stereocenters. The van der Waals surface area contributed by atoms with Crippen molar-refractivity contribution in [3.63, 3.8) is 0 Å². The van der Waals surface area contributed by atoms with E-state index in [-0.39, 0.29) is 24.7 Å². The van der Waals surface area contributed by atoms with E-state index in [4.69, 9.17) is 0 Å². The van der Waals surface area contributed by atoms with E-state index in [2.05, 4.69) is 15.4 Å². The van der Waals surface area contributed by atoms with Gasteiger partial charge in [0.25, 0.3) is 5.91 Å². The van der Waals surface area contributed by atoms with Crippen LogP contribution in [0.5, 0.6) is 0 Å². The van der Waals surface area contributed by atoms with Crippen LogP contribution in [-0.2, 0) is 20.7 Å². The summed E-state index contributed by atoms with van der Waals surface area (Å²) in [4.78, 5) is 35.1. The Labute approximate surface area is 150 Å². The van der Waals surface area contributed by atoms with Crippen LogP contribution in [0.1, 0.15) is 22.3 Å². The fourth-order valence-electron chi connectivity index (χ4n) is 2.20. The third-order valence-electron chi connectivity index (χ3n) is 3.58. The predicted octanol–water partition coefficient (Wildman–Crippen LogP) is 2.30. The zero-order chi connectivity index (χ0) is 18.9. The van der Waals surface area contributed by atoms with E-state index in [1.54, 1.807) is 30.3 Å². The standard InChI is InChI=1S/C19H19FN2O4/c1-26-18(24)12-21-19(25)14-3-2-4-16(11-14)22-17(23)10-7-13-5-8-15(20)9-6-13/h2-6,8-9,11H,7,10,12H2,1H3,(H,21,25)(H,22,23). The molecule has 2 N–H and O–H groups in total. The largest absolute Gasteiger partial charge is 0.468 e. The van der Waals surface area contributed by atoms with Crippen molar-refractivity contribution < 1.29 is 23.5 Å². The minimum atomic E-state index is -0.552. The van der Waals surface area contributed by atoms with Crippen molar-refractivity contribution in [2.75, 3.05) is 19.0 Å². The highest BCUT2D eigenvalue weighted by Gasteiger charge is 2.10. The molecule has 2 rings (SSSR count). The molecule has 0 aromatic heterocycles. The van der Waals surface area contributed by atoms with Gasteiger partial charge in [0.05, 0.1) is 7.11 Å². The van der Waals surface area contributed by atoms with Gasteiger partial charge in [0.2, 0.25) is 5.91 Å². The number of anilines is 1. The van der Waals surface area contributed by atoms with E-state index in [9.17, 15) is 18.8 Å². The maximum absolute atomic E-state index is 12.9. The number of rotatable bonds is 7. The fraction of sp³-hybridized carbons (Fsp3) is 0.211. The van der Waals surface area contributed by atoms with Crippen molar-refractivity contribution >= 4 is 23.5 Å². The number of hydrogen-bond donors (Lipinski definition) is 2. The second-order valence-electron chi connectivity index (χ2n) is 5.51. The molecule has 26 heavy (non-hydrogen) atoms. The van der Waals surface area contributed by atoms with Gasteiger partial charge in [-0.05, 0) is 42.3 Å². The monoisotopic (exact) mass is 358 g/mol. The number of benzene rings is 2. The molecule has 136 valence electrons. The number of esters is 1. The topological polar surface area (TPSA) is 84.5 Å². The highest BCUT2D eigenvalue weighted by Crippen LogP contribution is 2.12. The van der Waals surface area contributed by atoms with Crippen LogP contribution in [0.2, 0.25) is 0 Å². The summed E-state index contributed by atoms with van der Waals surface area (Å²) in [6.07, 6.45) is 0.704. The van der Waals surface area contributed by atoms with Crippen molar-refractivity contribution in [2.45, 2.75) is 12.8 Å². The quantitative estimate of drug-likeness (QED) is 0.744. The molecular weight excluding hydrogens is 339 g/mol. The number of amides is 2. The lowest BCUT2D eigenvalue weighted by atomic mass is 10.1. The van der Waals surface area contributed by atoms with Gasteiger partial charge in [0, 0.05) is 17.7 Å². The minimum absolute atomic E-state index is 0.221. The lowest BCUT2D eigenvalue weighted by Crippen LogP contribution is -2.30. The molecule has 2 aromatic rings. The first-order valence-electron chi connectivity index (χ1n) is 7.97. The van der Waals surface area contributed by atoms with Gasteiger partial charge < -0.3 is 15.4 Å². The van der Waals surface area contributed by atoms with Gasteiger partial charge in [0.1, 0.15) is 12.4 Å². The van der Waals surface area contributed by atoms with Gasteiger partial charge in [0.15, 0.2) is 0 Å². The molecule has 0 saturated carbocycles. The lowest BCUT2D eigenvalue weighted by Gasteiger charge is -2.08. The molecule has 0 aliphatic rings. The molecule has 0 spiro atoms. The van der Waals surface area contributed by atoms with E-state index in [1.165, 1.54) is 25.3 Å². The smallest absolute Gasteiger partial charge is 0.325 e. The first kappa shape index (κ1) is 19.1. The Morgan fingerprint density at radius 3 is 2.50 bits per heavy atom. The van der Waals surface area contributed by atoms with Crippen molar-refractivity contribution in [3.05, 3.63) is 65.5 Å². The Balaban J connectivity index is 1.88. The van der Waals surface area contributed by atoms with Gasteiger partial charge in [-0.2, -0.15) is 0 Å². The summed E-state index contributed by atoms with van der Waals surface area (Å²) in [5.41, 5.74) is 1.64. The van der Waals surface area contributed by atoms with Gasteiger partial charge in [-0.15, -0.1) is 0 Å². The van der Waals surface area contributed by atoms with E-state index in [0.29, 0.717) is 17.7 Å². The summed E-state index contributed by atoms with van der Waals surface area (Å²) in [5, 5.41) is 5.13. The summed E-state index contributed by atoms with van der Waals surface area (Å²) in [6, 6.07) is 12.3. The summed E-state index contributed by atoms with van der Waals surface area (Å²) in [6.45, 7) is -0.233. The van der Waals surface area contributed by atoms with Crippen LogP contribution in [0.25, 0.3) is 0 Å². The van der Waals surface area contributed by atoms with Crippen LogP contribution in [0.15, 0.2) is 48.5 Å². The zero-order valence-electron chi connectivity index (χ0n) is 14.3. The Kier molecular flexibility index (Phi) is 6.84. The highest BCUT2D eigenvalue weighted by atomic mass is 19.1.